The van der Waals surface area contributed by atoms with Crippen LogP contribution in [0.15, 0.2) is 12.1 Å². The van der Waals surface area contributed by atoms with Gasteiger partial charge >= 0.3 is 0 Å². The van der Waals surface area contributed by atoms with Crippen LogP contribution in [0.3, 0.4) is 0 Å². The number of nitrogens with one attached hydrogen (secondary N) is 1. The molecule has 1 aromatic carbocycles. The van der Waals surface area contributed by atoms with Gasteiger partial charge in [0.25, 0.3) is 0 Å². The summed E-state index contributed by atoms with van der Waals surface area (Å²) in [6.45, 7) is 11.3. The minimum absolute atomic E-state index is 0.102. The van der Waals surface area contributed by atoms with Gasteiger partial charge in [-0.1, -0.05) is 6.07 Å². The van der Waals surface area contributed by atoms with Gasteiger partial charge in [0.15, 0.2) is 0 Å². The summed E-state index contributed by atoms with van der Waals surface area (Å²) in [7, 11) is 0. The van der Waals surface area contributed by atoms with Gasteiger partial charge in [-0.25, -0.2) is 0 Å². The quantitative estimate of drug-likeness (QED) is 0.781. The van der Waals surface area contributed by atoms with E-state index < -0.39 is 0 Å². The fourth-order valence-electron chi connectivity index (χ4n) is 1.51. The van der Waals surface area contributed by atoms with Gasteiger partial charge in [-0.2, -0.15) is 0 Å². The summed E-state index contributed by atoms with van der Waals surface area (Å²) in [4.78, 5) is 0. The second-order valence-electron chi connectivity index (χ2n) is 5.11. The SMILES string of the molecule is Cc1ccc(O)c(C)c1CNC(C)(C)C. The summed E-state index contributed by atoms with van der Waals surface area (Å²) in [6.07, 6.45) is 0. The Balaban J connectivity index is 2.90. The number of aryl methyl sites for hydroxylation is 1. The number of rotatable bonds is 2. The first kappa shape index (κ1) is 12.1. The molecule has 1 rings (SSSR count). The van der Waals surface area contributed by atoms with Crippen molar-refractivity contribution in [3.63, 3.8) is 0 Å². The maximum absolute atomic E-state index is 9.63. The van der Waals surface area contributed by atoms with Crippen molar-refractivity contribution in [3.05, 3.63) is 28.8 Å². The third-order valence-corrected chi connectivity index (χ3v) is 2.60. The number of benzene rings is 1. The highest BCUT2D eigenvalue weighted by atomic mass is 16.3. The molecule has 0 aromatic heterocycles. The normalized spacial score (nSPS) is 11.8. The van der Waals surface area contributed by atoms with E-state index in [1.54, 1.807) is 6.07 Å². The zero-order valence-corrected chi connectivity index (χ0v) is 10.3. The van der Waals surface area contributed by atoms with E-state index in [2.05, 4.69) is 33.0 Å². The Morgan fingerprint density at radius 3 is 2.33 bits per heavy atom. The van der Waals surface area contributed by atoms with Crippen LogP contribution in [0.25, 0.3) is 0 Å². The lowest BCUT2D eigenvalue weighted by molar-refractivity contribution is 0.421. The Kier molecular flexibility index (Phi) is 3.40. The lowest BCUT2D eigenvalue weighted by atomic mass is 10.0. The molecule has 0 amide bonds. The van der Waals surface area contributed by atoms with Crippen LogP contribution in [-0.4, -0.2) is 10.6 Å². The van der Waals surface area contributed by atoms with E-state index in [9.17, 15) is 5.11 Å². The lowest BCUT2D eigenvalue weighted by Gasteiger charge is -2.22. The molecule has 0 unspecified atom stereocenters. The van der Waals surface area contributed by atoms with E-state index in [1.807, 2.05) is 13.0 Å². The monoisotopic (exact) mass is 207 g/mol. The van der Waals surface area contributed by atoms with Crippen molar-refractivity contribution in [2.75, 3.05) is 0 Å². The molecular formula is C13H21NO. The molecule has 2 heteroatoms. The van der Waals surface area contributed by atoms with Crippen molar-refractivity contribution in [1.29, 1.82) is 0 Å². The molecule has 2 N–H and O–H groups in total. The molecule has 0 fully saturated rings. The maximum atomic E-state index is 9.63. The smallest absolute Gasteiger partial charge is 0.118 e. The molecule has 1 aromatic rings. The van der Waals surface area contributed by atoms with E-state index in [1.165, 1.54) is 11.1 Å². The first-order valence-electron chi connectivity index (χ1n) is 5.34. The molecule has 0 saturated heterocycles. The van der Waals surface area contributed by atoms with E-state index in [4.69, 9.17) is 0 Å². The maximum Gasteiger partial charge on any atom is 0.118 e. The molecule has 0 spiro atoms. The van der Waals surface area contributed by atoms with Gasteiger partial charge in [-0.05, 0) is 57.4 Å². The van der Waals surface area contributed by atoms with Crippen LogP contribution in [0.5, 0.6) is 5.75 Å². The number of hydrogen-bond acceptors (Lipinski definition) is 2. The molecule has 0 aliphatic rings. The molecule has 0 atom stereocenters. The summed E-state index contributed by atoms with van der Waals surface area (Å²) in [5.74, 6) is 0.381. The van der Waals surface area contributed by atoms with Crippen molar-refractivity contribution in [2.24, 2.45) is 0 Å². The average Bonchev–Trinajstić information content (AvgIpc) is 2.10. The highest BCUT2D eigenvalue weighted by Gasteiger charge is 2.12. The van der Waals surface area contributed by atoms with E-state index in [0.717, 1.165) is 12.1 Å². The van der Waals surface area contributed by atoms with Crippen LogP contribution in [0.1, 0.15) is 37.5 Å². The second-order valence-corrected chi connectivity index (χ2v) is 5.11. The van der Waals surface area contributed by atoms with Crippen molar-refractivity contribution >= 4 is 0 Å². The molecule has 0 saturated carbocycles. The Morgan fingerprint density at radius 2 is 1.80 bits per heavy atom. The van der Waals surface area contributed by atoms with Crippen LogP contribution >= 0.6 is 0 Å². The lowest BCUT2D eigenvalue weighted by Crippen LogP contribution is -2.35. The fraction of sp³-hybridized carbons (Fsp3) is 0.538. The summed E-state index contributed by atoms with van der Waals surface area (Å²) >= 11 is 0. The van der Waals surface area contributed by atoms with Crippen molar-refractivity contribution in [3.8, 4) is 5.75 Å². The first-order chi connectivity index (χ1) is 6.81. The van der Waals surface area contributed by atoms with Gasteiger partial charge < -0.3 is 10.4 Å². The minimum atomic E-state index is 0.102. The van der Waals surface area contributed by atoms with Gasteiger partial charge in [0.1, 0.15) is 5.75 Å². The first-order valence-corrected chi connectivity index (χ1v) is 5.34. The molecule has 0 heterocycles. The van der Waals surface area contributed by atoms with E-state index >= 15 is 0 Å². The predicted octanol–water partition coefficient (Wildman–Crippen LogP) is 2.90. The molecule has 0 bridgehead atoms. The number of aromatic hydroxyl groups is 1. The van der Waals surface area contributed by atoms with Crippen LogP contribution in [0, 0.1) is 13.8 Å². The molecule has 2 nitrogen and oxygen atoms in total. The van der Waals surface area contributed by atoms with E-state index in [-0.39, 0.29) is 5.54 Å². The largest absolute Gasteiger partial charge is 0.508 e. The molecule has 0 aliphatic carbocycles. The van der Waals surface area contributed by atoms with E-state index in [0.29, 0.717) is 5.75 Å². The highest BCUT2D eigenvalue weighted by molar-refractivity contribution is 5.42. The third kappa shape index (κ3) is 3.24. The highest BCUT2D eigenvalue weighted by Crippen LogP contribution is 2.23. The van der Waals surface area contributed by atoms with Crippen molar-refractivity contribution < 1.29 is 5.11 Å². The standard InChI is InChI=1S/C13H21NO/c1-9-6-7-12(15)10(2)11(9)8-14-13(3,4)5/h6-7,14-15H,8H2,1-5H3. The predicted molar refractivity (Wildman–Crippen MR) is 64.2 cm³/mol. The number of hydrogen-bond donors (Lipinski definition) is 2. The topological polar surface area (TPSA) is 32.3 Å². The molecule has 0 aliphatic heterocycles. The molecule has 15 heavy (non-hydrogen) atoms. The summed E-state index contributed by atoms with van der Waals surface area (Å²) < 4.78 is 0. The molecular weight excluding hydrogens is 186 g/mol. The number of phenols is 1. The third-order valence-electron chi connectivity index (χ3n) is 2.60. The van der Waals surface area contributed by atoms with Gasteiger partial charge in [-0.3, -0.25) is 0 Å². The molecule has 84 valence electrons. The summed E-state index contributed by atoms with van der Waals surface area (Å²) in [6, 6.07) is 3.72. The summed E-state index contributed by atoms with van der Waals surface area (Å²) in [5.41, 5.74) is 3.50. The molecule has 0 radical (unpaired) electrons. The average molecular weight is 207 g/mol. The van der Waals surface area contributed by atoms with Crippen LogP contribution in [0.4, 0.5) is 0 Å². The van der Waals surface area contributed by atoms with Crippen LogP contribution < -0.4 is 5.32 Å². The second kappa shape index (κ2) is 4.23. The Bertz CT molecular complexity index is 350. The fourth-order valence-corrected chi connectivity index (χ4v) is 1.51. The minimum Gasteiger partial charge on any atom is -0.508 e. The zero-order valence-electron chi connectivity index (χ0n) is 10.3. The van der Waals surface area contributed by atoms with Gasteiger partial charge in [-0.15, -0.1) is 0 Å². The Hall–Kier alpha value is -1.02. The zero-order chi connectivity index (χ0) is 11.6. The Morgan fingerprint density at radius 1 is 1.20 bits per heavy atom. The van der Waals surface area contributed by atoms with Crippen LogP contribution in [0.2, 0.25) is 0 Å². The summed E-state index contributed by atoms with van der Waals surface area (Å²) in [5, 5.41) is 13.1. The van der Waals surface area contributed by atoms with Gasteiger partial charge in [0.05, 0.1) is 0 Å². The number of phenolic OH excluding ortho intramolecular Hbond substituents is 1. The Labute approximate surface area is 92.3 Å². The van der Waals surface area contributed by atoms with Gasteiger partial charge in [0.2, 0.25) is 0 Å². The van der Waals surface area contributed by atoms with Crippen LogP contribution in [-0.2, 0) is 6.54 Å². The van der Waals surface area contributed by atoms with Crippen molar-refractivity contribution in [2.45, 2.75) is 46.7 Å². The van der Waals surface area contributed by atoms with Gasteiger partial charge in [0, 0.05) is 12.1 Å². The van der Waals surface area contributed by atoms with Crippen molar-refractivity contribution in [1.82, 2.24) is 5.32 Å².